The van der Waals surface area contributed by atoms with Crippen LogP contribution >= 0.6 is 11.6 Å². The molecule has 2 aromatic carbocycles. The quantitative estimate of drug-likeness (QED) is 0.630. The maximum Gasteiger partial charge on any atom is 0.253 e. The smallest absolute Gasteiger partial charge is 0.253 e. The van der Waals surface area contributed by atoms with E-state index in [2.05, 4.69) is 11.1 Å². The van der Waals surface area contributed by atoms with Crippen molar-refractivity contribution in [1.29, 1.82) is 5.26 Å². The maximum absolute atomic E-state index is 12.7. The number of nitriles is 1. The zero-order valence-electron chi connectivity index (χ0n) is 16.2. The molecule has 0 aliphatic carbocycles. The zero-order chi connectivity index (χ0) is 20.9. The van der Waals surface area contributed by atoms with Gasteiger partial charge in [0.2, 0.25) is 17.5 Å². The van der Waals surface area contributed by atoms with Crippen LogP contribution in [0.25, 0.3) is 12.2 Å². The number of benzene rings is 2. The monoisotopic (exact) mass is 418 g/mol. The molecule has 0 spiro atoms. The topological polar surface area (TPSA) is 73.4 Å². The standard InChI is InChI=1S/C23H19ClN4O2/c24-19-9-7-18(8-10-19)22(29)27-12-14-28(15-13-27)23-20(16-25)26-21(30-23)11-6-17-4-2-1-3-5-17/h1-11H,12-15H2. The van der Waals surface area contributed by atoms with Gasteiger partial charge in [-0.2, -0.15) is 10.2 Å². The Morgan fingerprint density at radius 2 is 1.73 bits per heavy atom. The van der Waals surface area contributed by atoms with Gasteiger partial charge in [0.05, 0.1) is 0 Å². The fourth-order valence-corrected chi connectivity index (χ4v) is 3.43. The molecule has 6 nitrogen and oxygen atoms in total. The molecule has 0 saturated carbocycles. The summed E-state index contributed by atoms with van der Waals surface area (Å²) < 4.78 is 5.85. The fourth-order valence-electron chi connectivity index (χ4n) is 3.31. The van der Waals surface area contributed by atoms with Crippen LogP contribution in [0.3, 0.4) is 0 Å². The normalized spacial score (nSPS) is 14.1. The molecule has 0 N–H and O–H groups in total. The first-order valence-corrected chi connectivity index (χ1v) is 9.95. The van der Waals surface area contributed by atoms with Crippen molar-refractivity contribution in [2.75, 3.05) is 31.1 Å². The van der Waals surface area contributed by atoms with Crippen LogP contribution < -0.4 is 4.90 Å². The molecular weight excluding hydrogens is 400 g/mol. The molecule has 1 aliphatic rings. The van der Waals surface area contributed by atoms with Gasteiger partial charge in [0, 0.05) is 42.8 Å². The number of carbonyl (C=O) groups is 1. The summed E-state index contributed by atoms with van der Waals surface area (Å²) in [6.07, 6.45) is 3.64. The number of halogens is 1. The van der Waals surface area contributed by atoms with Crippen molar-refractivity contribution in [2.24, 2.45) is 0 Å². The van der Waals surface area contributed by atoms with Gasteiger partial charge >= 0.3 is 0 Å². The SMILES string of the molecule is N#Cc1nc(C=Cc2ccccc2)oc1N1CCN(C(=O)c2ccc(Cl)cc2)CC1. The molecule has 3 aromatic rings. The number of hydrogen-bond acceptors (Lipinski definition) is 5. The summed E-state index contributed by atoms with van der Waals surface area (Å²) in [7, 11) is 0. The molecule has 1 aromatic heterocycles. The van der Waals surface area contributed by atoms with Crippen LogP contribution in [0.4, 0.5) is 5.88 Å². The van der Waals surface area contributed by atoms with Gasteiger partial charge in [0.25, 0.3) is 5.91 Å². The number of rotatable bonds is 4. The van der Waals surface area contributed by atoms with Gasteiger partial charge in [0.15, 0.2) is 0 Å². The van der Waals surface area contributed by atoms with E-state index < -0.39 is 0 Å². The number of nitrogens with zero attached hydrogens (tertiary/aromatic N) is 4. The second-order valence-corrected chi connectivity index (χ2v) is 7.28. The molecule has 1 aliphatic heterocycles. The minimum atomic E-state index is -0.0316. The molecule has 0 atom stereocenters. The van der Waals surface area contributed by atoms with Gasteiger partial charge in [-0.3, -0.25) is 4.79 Å². The Labute approximate surface area is 179 Å². The largest absolute Gasteiger partial charge is 0.420 e. The van der Waals surface area contributed by atoms with Gasteiger partial charge in [0.1, 0.15) is 6.07 Å². The molecule has 1 saturated heterocycles. The summed E-state index contributed by atoms with van der Waals surface area (Å²) in [4.78, 5) is 20.7. The Hall–Kier alpha value is -3.56. The van der Waals surface area contributed by atoms with Crippen LogP contribution in [-0.4, -0.2) is 42.0 Å². The van der Waals surface area contributed by atoms with Crippen LogP contribution in [0.15, 0.2) is 59.0 Å². The van der Waals surface area contributed by atoms with E-state index in [4.69, 9.17) is 16.0 Å². The van der Waals surface area contributed by atoms with Crippen molar-refractivity contribution in [2.45, 2.75) is 0 Å². The van der Waals surface area contributed by atoms with E-state index in [9.17, 15) is 10.1 Å². The number of amides is 1. The average Bonchev–Trinajstić information content (AvgIpc) is 3.22. The summed E-state index contributed by atoms with van der Waals surface area (Å²) in [5.41, 5.74) is 1.88. The Morgan fingerprint density at radius 3 is 2.40 bits per heavy atom. The molecule has 1 amide bonds. The third-order valence-corrected chi connectivity index (χ3v) is 5.15. The summed E-state index contributed by atoms with van der Waals surface area (Å²) >= 11 is 5.90. The number of hydrogen-bond donors (Lipinski definition) is 0. The number of oxazole rings is 1. The third kappa shape index (κ3) is 4.37. The Morgan fingerprint density at radius 1 is 1.03 bits per heavy atom. The summed E-state index contributed by atoms with van der Waals surface area (Å²) in [6, 6.07) is 18.8. The molecule has 1 fully saturated rings. The van der Waals surface area contributed by atoms with E-state index in [1.807, 2.05) is 41.3 Å². The number of anilines is 1. The predicted octanol–water partition coefficient (Wildman–Crippen LogP) is 4.33. The first-order valence-electron chi connectivity index (χ1n) is 9.58. The van der Waals surface area contributed by atoms with Crippen LogP contribution in [-0.2, 0) is 0 Å². The van der Waals surface area contributed by atoms with Gasteiger partial charge < -0.3 is 14.2 Å². The van der Waals surface area contributed by atoms with Crippen LogP contribution in [0.2, 0.25) is 5.02 Å². The molecular formula is C23H19ClN4O2. The Kier molecular flexibility index (Phi) is 5.82. The van der Waals surface area contributed by atoms with Crippen molar-refractivity contribution in [3.63, 3.8) is 0 Å². The fraction of sp³-hybridized carbons (Fsp3) is 0.174. The highest BCUT2D eigenvalue weighted by atomic mass is 35.5. The number of piperazine rings is 1. The number of aromatic nitrogens is 1. The molecule has 0 unspecified atom stereocenters. The van der Waals surface area contributed by atoms with E-state index in [1.54, 1.807) is 35.2 Å². The molecule has 0 radical (unpaired) electrons. The zero-order valence-corrected chi connectivity index (χ0v) is 16.9. The second kappa shape index (κ2) is 8.85. The molecule has 2 heterocycles. The lowest BCUT2D eigenvalue weighted by molar-refractivity contribution is 0.0745. The molecule has 7 heteroatoms. The lowest BCUT2D eigenvalue weighted by Gasteiger charge is -2.34. The number of carbonyl (C=O) groups excluding carboxylic acids is 1. The van der Waals surface area contributed by atoms with Crippen LogP contribution in [0.1, 0.15) is 27.5 Å². The third-order valence-electron chi connectivity index (χ3n) is 4.89. The molecule has 4 rings (SSSR count). The average molecular weight is 419 g/mol. The first kappa shape index (κ1) is 19.7. The summed E-state index contributed by atoms with van der Waals surface area (Å²) in [5, 5.41) is 10.1. The second-order valence-electron chi connectivity index (χ2n) is 6.85. The van der Waals surface area contributed by atoms with E-state index in [0.717, 1.165) is 5.56 Å². The lowest BCUT2D eigenvalue weighted by atomic mass is 10.2. The Balaban J connectivity index is 1.43. The van der Waals surface area contributed by atoms with Crippen LogP contribution in [0, 0.1) is 11.3 Å². The lowest BCUT2D eigenvalue weighted by Crippen LogP contribution is -2.48. The van der Waals surface area contributed by atoms with Crippen molar-refractivity contribution in [1.82, 2.24) is 9.88 Å². The van der Waals surface area contributed by atoms with Gasteiger partial charge in [-0.15, -0.1) is 0 Å². The van der Waals surface area contributed by atoms with E-state index >= 15 is 0 Å². The minimum Gasteiger partial charge on any atom is -0.420 e. The van der Waals surface area contributed by atoms with Crippen molar-refractivity contribution in [3.05, 3.63) is 82.3 Å². The van der Waals surface area contributed by atoms with Gasteiger partial charge in [-0.05, 0) is 35.9 Å². The highest BCUT2D eigenvalue weighted by molar-refractivity contribution is 6.30. The van der Waals surface area contributed by atoms with Gasteiger partial charge in [-0.25, -0.2) is 0 Å². The molecule has 30 heavy (non-hydrogen) atoms. The summed E-state index contributed by atoms with van der Waals surface area (Å²) in [5.74, 6) is 0.796. The van der Waals surface area contributed by atoms with Crippen molar-refractivity contribution < 1.29 is 9.21 Å². The highest BCUT2D eigenvalue weighted by Gasteiger charge is 2.26. The van der Waals surface area contributed by atoms with E-state index in [1.165, 1.54) is 0 Å². The van der Waals surface area contributed by atoms with E-state index in [-0.39, 0.29) is 11.6 Å². The van der Waals surface area contributed by atoms with E-state index in [0.29, 0.717) is 48.5 Å². The highest BCUT2D eigenvalue weighted by Crippen LogP contribution is 2.24. The first-order chi connectivity index (χ1) is 14.6. The molecule has 150 valence electrons. The van der Waals surface area contributed by atoms with Crippen molar-refractivity contribution >= 4 is 35.5 Å². The van der Waals surface area contributed by atoms with Gasteiger partial charge in [-0.1, -0.05) is 41.9 Å². The van der Waals surface area contributed by atoms with Crippen molar-refractivity contribution in [3.8, 4) is 6.07 Å². The maximum atomic E-state index is 12.7. The Bertz CT molecular complexity index is 1090. The predicted molar refractivity (Wildman–Crippen MR) is 116 cm³/mol. The van der Waals surface area contributed by atoms with Crippen LogP contribution in [0.5, 0.6) is 0 Å². The molecule has 0 bridgehead atoms. The summed E-state index contributed by atoms with van der Waals surface area (Å²) in [6.45, 7) is 2.18. The minimum absolute atomic E-state index is 0.0316.